The lowest BCUT2D eigenvalue weighted by molar-refractivity contribution is -0.127. The summed E-state index contributed by atoms with van der Waals surface area (Å²) in [5.74, 6) is 0.672. The molecule has 0 fully saturated rings. The summed E-state index contributed by atoms with van der Waals surface area (Å²) in [4.78, 5) is 11.6. The molecule has 19 heavy (non-hydrogen) atoms. The minimum atomic E-state index is -0.668. The monoisotopic (exact) mass is 260 g/mol. The molecule has 0 radical (unpaired) electrons. The summed E-state index contributed by atoms with van der Waals surface area (Å²) in [7, 11) is 1.50. The molecule has 5 heteroatoms. The summed E-state index contributed by atoms with van der Waals surface area (Å²) in [5.41, 5.74) is 0.410. The lowest BCUT2D eigenvalue weighted by Crippen LogP contribution is -2.36. The molecule has 1 amide bonds. The van der Waals surface area contributed by atoms with Crippen LogP contribution in [0.1, 0.15) is 12.5 Å². The fraction of sp³-hybridized carbons (Fsp3) is 0.286. The zero-order valence-corrected chi connectivity index (χ0v) is 11.0. The number of rotatable bonds is 6. The number of hydrogen-bond donors (Lipinski definition) is 1. The van der Waals surface area contributed by atoms with Crippen LogP contribution in [0.15, 0.2) is 30.9 Å². The van der Waals surface area contributed by atoms with Gasteiger partial charge in [0.05, 0.1) is 18.7 Å². The van der Waals surface area contributed by atoms with Crippen molar-refractivity contribution in [2.24, 2.45) is 0 Å². The number of ether oxygens (including phenoxy) is 2. The first kappa shape index (κ1) is 14.6. The predicted octanol–water partition coefficient (Wildman–Crippen LogP) is 1.64. The molecular formula is C14H16N2O3. The van der Waals surface area contributed by atoms with Gasteiger partial charge in [-0.2, -0.15) is 5.26 Å². The Balaban J connectivity index is 2.78. The Morgan fingerprint density at radius 3 is 2.79 bits per heavy atom. The van der Waals surface area contributed by atoms with E-state index in [-0.39, 0.29) is 5.91 Å². The van der Waals surface area contributed by atoms with E-state index in [2.05, 4.69) is 11.9 Å². The van der Waals surface area contributed by atoms with Crippen LogP contribution < -0.4 is 14.8 Å². The van der Waals surface area contributed by atoms with Crippen molar-refractivity contribution in [1.82, 2.24) is 5.32 Å². The molecule has 0 saturated heterocycles. The first-order valence-corrected chi connectivity index (χ1v) is 5.75. The molecule has 0 heterocycles. The minimum absolute atomic E-state index is 0.249. The number of nitriles is 1. The van der Waals surface area contributed by atoms with E-state index >= 15 is 0 Å². The van der Waals surface area contributed by atoms with Gasteiger partial charge < -0.3 is 14.8 Å². The molecule has 0 aliphatic heterocycles. The van der Waals surface area contributed by atoms with Gasteiger partial charge >= 0.3 is 0 Å². The zero-order chi connectivity index (χ0) is 14.3. The summed E-state index contributed by atoms with van der Waals surface area (Å²) < 4.78 is 10.5. The van der Waals surface area contributed by atoms with Gasteiger partial charge in [0.1, 0.15) is 11.5 Å². The Morgan fingerprint density at radius 2 is 2.21 bits per heavy atom. The number of nitrogens with zero attached hydrogens (tertiary/aromatic N) is 1. The van der Waals surface area contributed by atoms with Crippen LogP contribution in [-0.4, -0.2) is 25.7 Å². The van der Waals surface area contributed by atoms with E-state index in [4.69, 9.17) is 14.7 Å². The number of carbonyl (C=O) groups is 1. The molecule has 1 aromatic rings. The van der Waals surface area contributed by atoms with Crippen molar-refractivity contribution in [2.75, 3.05) is 13.7 Å². The highest BCUT2D eigenvalue weighted by atomic mass is 16.5. The highest BCUT2D eigenvalue weighted by molar-refractivity contribution is 5.80. The smallest absolute Gasteiger partial charge is 0.261 e. The maximum absolute atomic E-state index is 11.6. The molecule has 1 aromatic carbocycles. The van der Waals surface area contributed by atoms with Gasteiger partial charge in [-0.15, -0.1) is 6.58 Å². The Kier molecular flexibility index (Phi) is 5.42. The van der Waals surface area contributed by atoms with Gasteiger partial charge in [0, 0.05) is 12.6 Å². The largest absolute Gasteiger partial charge is 0.497 e. The van der Waals surface area contributed by atoms with Crippen LogP contribution in [-0.2, 0) is 4.79 Å². The first-order chi connectivity index (χ1) is 9.10. The first-order valence-electron chi connectivity index (χ1n) is 5.75. The molecule has 1 atom stereocenters. The molecular weight excluding hydrogens is 244 g/mol. The van der Waals surface area contributed by atoms with Crippen molar-refractivity contribution >= 4 is 5.91 Å². The highest BCUT2D eigenvalue weighted by Gasteiger charge is 2.14. The van der Waals surface area contributed by atoms with E-state index in [0.29, 0.717) is 23.6 Å². The second kappa shape index (κ2) is 7.07. The second-order valence-corrected chi connectivity index (χ2v) is 3.80. The lowest BCUT2D eigenvalue weighted by atomic mass is 10.2. The molecule has 0 aliphatic rings. The van der Waals surface area contributed by atoms with Crippen LogP contribution >= 0.6 is 0 Å². The van der Waals surface area contributed by atoms with E-state index in [0.717, 1.165) is 0 Å². The Bertz CT molecular complexity index is 506. The van der Waals surface area contributed by atoms with Crippen molar-refractivity contribution in [1.29, 1.82) is 5.26 Å². The highest BCUT2D eigenvalue weighted by Crippen LogP contribution is 2.23. The average molecular weight is 260 g/mol. The van der Waals surface area contributed by atoms with Gasteiger partial charge in [0.25, 0.3) is 5.91 Å². The van der Waals surface area contributed by atoms with Gasteiger partial charge in [-0.25, -0.2) is 0 Å². The normalized spacial score (nSPS) is 11.0. The maximum atomic E-state index is 11.6. The molecule has 1 unspecified atom stereocenters. The van der Waals surface area contributed by atoms with Crippen LogP contribution in [0.5, 0.6) is 11.5 Å². The van der Waals surface area contributed by atoms with Crippen LogP contribution in [0.2, 0.25) is 0 Å². The topological polar surface area (TPSA) is 71.3 Å². The van der Waals surface area contributed by atoms with Crippen molar-refractivity contribution in [3.63, 3.8) is 0 Å². The molecule has 0 aromatic heterocycles. The summed E-state index contributed by atoms with van der Waals surface area (Å²) in [6, 6.07) is 6.78. The van der Waals surface area contributed by atoms with Crippen LogP contribution in [0, 0.1) is 11.3 Å². The molecule has 100 valence electrons. The Morgan fingerprint density at radius 1 is 1.53 bits per heavy atom. The van der Waals surface area contributed by atoms with Gasteiger partial charge in [-0.1, -0.05) is 6.08 Å². The molecule has 1 rings (SSSR count). The van der Waals surface area contributed by atoms with Gasteiger partial charge in [-0.05, 0) is 19.1 Å². The fourth-order valence-electron chi connectivity index (χ4n) is 1.40. The Hall–Kier alpha value is -2.48. The molecule has 0 bridgehead atoms. The third-order valence-corrected chi connectivity index (χ3v) is 2.35. The van der Waals surface area contributed by atoms with Gasteiger partial charge in [-0.3, -0.25) is 4.79 Å². The van der Waals surface area contributed by atoms with E-state index in [1.165, 1.54) is 7.11 Å². The van der Waals surface area contributed by atoms with E-state index in [1.54, 1.807) is 31.2 Å². The molecule has 0 aliphatic carbocycles. The fourth-order valence-corrected chi connectivity index (χ4v) is 1.40. The summed E-state index contributed by atoms with van der Waals surface area (Å²) in [6.07, 6.45) is 0.919. The number of amides is 1. The number of nitrogens with one attached hydrogen (secondary N) is 1. The number of benzene rings is 1. The minimum Gasteiger partial charge on any atom is -0.497 e. The van der Waals surface area contributed by atoms with Gasteiger partial charge in [0.15, 0.2) is 6.10 Å². The second-order valence-electron chi connectivity index (χ2n) is 3.80. The summed E-state index contributed by atoms with van der Waals surface area (Å²) >= 11 is 0. The third-order valence-electron chi connectivity index (χ3n) is 2.35. The van der Waals surface area contributed by atoms with Crippen molar-refractivity contribution in [3.8, 4) is 17.6 Å². The maximum Gasteiger partial charge on any atom is 0.261 e. The van der Waals surface area contributed by atoms with Crippen molar-refractivity contribution in [3.05, 3.63) is 36.4 Å². The van der Waals surface area contributed by atoms with E-state index < -0.39 is 6.10 Å². The van der Waals surface area contributed by atoms with E-state index in [1.807, 2.05) is 6.07 Å². The summed E-state index contributed by atoms with van der Waals surface area (Å²) in [6.45, 7) is 5.53. The SMILES string of the molecule is C=CCNC(=O)C(C)Oc1cc(C#N)cc(OC)c1. The van der Waals surface area contributed by atoms with Crippen molar-refractivity contribution in [2.45, 2.75) is 13.0 Å². The average Bonchev–Trinajstić information content (AvgIpc) is 2.43. The standard InChI is InChI=1S/C14H16N2O3/c1-4-5-16-14(17)10(2)19-13-7-11(9-15)6-12(8-13)18-3/h4,6-8,10H,1,5H2,2-3H3,(H,16,17). The Labute approximate surface area is 112 Å². The predicted molar refractivity (Wildman–Crippen MR) is 71.0 cm³/mol. The zero-order valence-electron chi connectivity index (χ0n) is 11.0. The van der Waals surface area contributed by atoms with Crippen LogP contribution in [0.3, 0.4) is 0 Å². The van der Waals surface area contributed by atoms with Crippen LogP contribution in [0.25, 0.3) is 0 Å². The summed E-state index contributed by atoms with van der Waals surface area (Å²) in [5, 5.41) is 11.5. The van der Waals surface area contributed by atoms with E-state index in [9.17, 15) is 4.79 Å². The van der Waals surface area contributed by atoms with Crippen molar-refractivity contribution < 1.29 is 14.3 Å². The van der Waals surface area contributed by atoms with Crippen LogP contribution in [0.4, 0.5) is 0 Å². The number of methoxy groups -OCH3 is 1. The number of carbonyl (C=O) groups excluding carboxylic acids is 1. The molecule has 0 spiro atoms. The molecule has 1 N–H and O–H groups in total. The number of hydrogen-bond acceptors (Lipinski definition) is 4. The quantitative estimate of drug-likeness (QED) is 0.789. The third kappa shape index (κ3) is 4.36. The molecule has 5 nitrogen and oxygen atoms in total. The molecule has 0 saturated carbocycles. The lowest BCUT2D eigenvalue weighted by Gasteiger charge is -2.15. The van der Waals surface area contributed by atoms with Gasteiger partial charge in [0.2, 0.25) is 0 Å².